The van der Waals surface area contributed by atoms with Crippen molar-refractivity contribution in [1.82, 2.24) is 0 Å². The molecule has 0 amide bonds. The van der Waals surface area contributed by atoms with Crippen LogP contribution in [0.15, 0.2) is 0 Å². The summed E-state index contributed by atoms with van der Waals surface area (Å²) >= 11 is 0. The number of hydrogen-bond acceptors (Lipinski definition) is 0. The third kappa shape index (κ3) is 3.50. The standard InChI is InChI=1S/C16H32/c1-5-9-15-10-11-16(12-14(15)8-4)13(6-2)7-3/h13-16H,5-12H2,1-4H3. The van der Waals surface area contributed by atoms with Crippen LogP contribution in [0.5, 0.6) is 0 Å². The van der Waals surface area contributed by atoms with Crippen LogP contribution in [0.2, 0.25) is 0 Å². The zero-order chi connectivity index (χ0) is 12.0. The van der Waals surface area contributed by atoms with Crippen molar-refractivity contribution in [2.75, 3.05) is 0 Å². The maximum Gasteiger partial charge on any atom is -0.0383 e. The Bertz CT molecular complexity index is 169. The Kier molecular flexibility index (Phi) is 6.46. The first-order valence-corrected chi connectivity index (χ1v) is 7.76. The van der Waals surface area contributed by atoms with E-state index >= 15 is 0 Å². The van der Waals surface area contributed by atoms with Crippen LogP contribution in [-0.2, 0) is 0 Å². The number of rotatable bonds is 6. The summed E-state index contributed by atoms with van der Waals surface area (Å²) in [6.45, 7) is 9.52. The van der Waals surface area contributed by atoms with E-state index in [-0.39, 0.29) is 0 Å². The van der Waals surface area contributed by atoms with Gasteiger partial charge in [0.1, 0.15) is 0 Å². The highest BCUT2D eigenvalue weighted by atomic mass is 14.4. The first kappa shape index (κ1) is 14.1. The highest BCUT2D eigenvalue weighted by Crippen LogP contribution is 2.42. The van der Waals surface area contributed by atoms with Crippen LogP contribution in [0, 0.1) is 23.7 Å². The van der Waals surface area contributed by atoms with E-state index in [1.165, 1.54) is 51.4 Å². The Morgan fingerprint density at radius 1 is 0.938 bits per heavy atom. The molecule has 1 aliphatic rings. The monoisotopic (exact) mass is 224 g/mol. The van der Waals surface area contributed by atoms with Crippen molar-refractivity contribution in [2.45, 2.75) is 79.1 Å². The fraction of sp³-hybridized carbons (Fsp3) is 1.00. The van der Waals surface area contributed by atoms with Gasteiger partial charge in [0.05, 0.1) is 0 Å². The van der Waals surface area contributed by atoms with Gasteiger partial charge in [0.25, 0.3) is 0 Å². The molecule has 0 bridgehead atoms. The molecule has 0 radical (unpaired) electrons. The second-order valence-corrected chi connectivity index (χ2v) is 5.87. The molecule has 1 saturated carbocycles. The first-order valence-electron chi connectivity index (χ1n) is 7.76. The van der Waals surface area contributed by atoms with Gasteiger partial charge in [0.2, 0.25) is 0 Å². The third-order valence-corrected chi connectivity index (χ3v) is 5.08. The summed E-state index contributed by atoms with van der Waals surface area (Å²) in [6.07, 6.45) is 11.7. The highest BCUT2D eigenvalue weighted by Gasteiger charge is 2.31. The maximum absolute atomic E-state index is 2.41. The zero-order valence-corrected chi connectivity index (χ0v) is 12.0. The Hall–Kier alpha value is 0. The Balaban J connectivity index is 2.50. The van der Waals surface area contributed by atoms with Crippen molar-refractivity contribution in [2.24, 2.45) is 23.7 Å². The summed E-state index contributed by atoms with van der Waals surface area (Å²) in [5.74, 6) is 4.16. The molecule has 1 rings (SSSR count). The van der Waals surface area contributed by atoms with Gasteiger partial charge in [-0.2, -0.15) is 0 Å². The van der Waals surface area contributed by atoms with E-state index < -0.39 is 0 Å². The van der Waals surface area contributed by atoms with Crippen LogP contribution in [0.3, 0.4) is 0 Å². The van der Waals surface area contributed by atoms with E-state index in [1.807, 2.05) is 0 Å². The highest BCUT2D eigenvalue weighted by molar-refractivity contribution is 4.82. The molecule has 0 heterocycles. The lowest BCUT2D eigenvalue weighted by atomic mass is 9.67. The predicted octanol–water partition coefficient (Wildman–Crippen LogP) is 5.67. The van der Waals surface area contributed by atoms with Gasteiger partial charge in [0, 0.05) is 0 Å². The van der Waals surface area contributed by atoms with Crippen LogP contribution in [-0.4, -0.2) is 0 Å². The van der Waals surface area contributed by atoms with E-state index in [1.54, 1.807) is 0 Å². The second kappa shape index (κ2) is 7.35. The summed E-state index contributed by atoms with van der Waals surface area (Å²) in [7, 11) is 0. The summed E-state index contributed by atoms with van der Waals surface area (Å²) in [6, 6.07) is 0. The number of hydrogen-bond donors (Lipinski definition) is 0. The van der Waals surface area contributed by atoms with Crippen molar-refractivity contribution in [1.29, 1.82) is 0 Å². The molecule has 0 saturated heterocycles. The summed E-state index contributed by atoms with van der Waals surface area (Å²) in [5.41, 5.74) is 0. The van der Waals surface area contributed by atoms with E-state index in [0.29, 0.717) is 0 Å². The van der Waals surface area contributed by atoms with Crippen molar-refractivity contribution in [3.8, 4) is 0 Å². The van der Waals surface area contributed by atoms with E-state index in [2.05, 4.69) is 27.7 Å². The fourth-order valence-electron chi connectivity index (χ4n) is 4.00. The lowest BCUT2D eigenvalue weighted by Crippen LogP contribution is -2.28. The normalized spacial score (nSPS) is 30.9. The fourth-order valence-corrected chi connectivity index (χ4v) is 4.00. The molecular weight excluding hydrogens is 192 g/mol. The average Bonchev–Trinajstić information content (AvgIpc) is 2.32. The Morgan fingerprint density at radius 3 is 2.12 bits per heavy atom. The smallest absolute Gasteiger partial charge is 0.0383 e. The molecule has 0 aromatic carbocycles. The largest absolute Gasteiger partial charge is 0.0654 e. The summed E-state index contributed by atoms with van der Waals surface area (Å²) in [5, 5.41) is 0. The molecule has 3 unspecified atom stereocenters. The first-order chi connectivity index (χ1) is 7.76. The van der Waals surface area contributed by atoms with Crippen LogP contribution in [0.1, 0.15) is 79.1 Å². The molecule has 16 heavy (non-hydrogen) atoms. The molecule has 1 fully saturated rings. The molecular formula is C16H32. The lowest BCUT2D eigenvalue weighted by molar-refractivity contribution is 0.121. The minimum absolute atomic E-state index is 1.01. The zero-order valence-electron chi connectivity index (χ0n) is 12.0. The van der Waals surface area contributed by atoms with Gasteiger partial charge in [-0.25, -0.2) is 0 Å². The molecule has 3 atom stereocenters. The quantitative estimate of drug-likeness (QED) is 0.545. The van der Waals surface area contributed by atoms with Gasteiger partial charge in [0.15, 0.2) is 0 Å². The molecule has 0 aromatic rings. The second-order valence-electron chi connectivity index (χ2n) is 5.87. The molecule has 0 nitrogen and oxygen atoms in total. The van der Waals surface area contributed by atoms with Gasteiger partial charge in [-0.3, -0.25) is 0 Å². The molecule has 96 valence electrons. The van der Waals surface area contributed by atoms with Gasteiger partial charge in [-0.15, -0.1) is 0 Å². The van der Waals surface area contributed by atoms with E-state index in [4.69, 9.17) is 0 Å². The topological polar surface area (TPSA) is 0 Å². The average molecular weight is 224 g/mol. The molecule has 0 aromatic heterocycles. The summed E-state index contributed by atoms with van der Waals surface area (Å²) < 4.78 is 0. The molecule has 1 aliphatic carbocycles. The lowest BCUT2D eigenvalue weighted by Gasteiger charge is -2.39. The predicted molar refractivity (Wildman–Crippen MR) is 73.6 cm³/mol. The van der Waals surface area contributed by atoms with Crippen LogP contribution in [0.4, 0.5) is 0 Å². The van der Waals surface area contributed by atoms with Crippen molar-refractivity contribution < 1.29 is 0 Å². The van der Waals surface area contributed by atoms with E-state index in [0.717, 1.165) is 23.7 Å². The Morgan fingerprint density at radius 2 is 1.62 bits per heavy atom. The van der Waals surface area contributed by atoms with Crippen molar-refractivity contribution >= 4 is 0 Å². The van der Waals surface area contributed by atoms with Gasteiger partial charge < -0.3 is 0 Å². The molecule has 0 spiro atoms. The Labute approximate surface area is 103 Å². The minimum Gasteiger partial charge on any atom is -0.0654 e. The van der Waals surface area contributed by atoms with Crippen molar-refractivity contribution in [3.05, 3.63) is 0 Å². The molecule has 0 heteroatoms. The van der Waals surface area contributed by atoms with Crippen LogP contribution < -0.4 is 0 Å². The van der Waals surface area contributed by atoms with Crippen LogP contribution >= 0.6 is 0 Å². The SMILES string of the molecule is CCCC1CCC(C(CC)CC)CC1CC. The van der Waals surface area contributed by atoms with Gasteiger partial charge >= 0.3 is 0 Å². The molecule has 0 aliphatic heterocycles. The van der Waals surface area contributed by atoms with E-state index in [9.17, 15) is 0 Å². The van der Waals surface area contributed by atoms with Crippen LogP contribution in [0.25, 0.3) is 0 Å². The van der Waals surface area contributed by atoms with Gasteiger partial charge in [-0.1, -0.05) is 59.8 Å². The summed E-state index contributed by atoms with van der Waals surface area (Å²) in [4.78, 5) is 0. The van der Waals surface area contributed by atoms with Gasteiger partial charge in [-0.05, 0) is 42.9 Å². The maximum atomic E-state index is 2.41. The third-order valence-electron chi connectivity index (χ3n) is 5.08. The van der Waals surface area contributed by atoms with Crippen molar-refractivity contribution in [3.63, 3.8) is 0 Å². The molecule has 0 N–H and O–H groups in total. The minimum atomic E-state index is 1.01.